The summed E-state index contributed by atoms with van der Waals surface area (Å²) >= 11 is 0. The highest BCUT2D eigenvalue weighted by Crippen LogP contribution is 2.46. The third kappa shape index (κ3) is 4.81. The van der Waals surface area contributed by atoms with E-state index in [-0.39, 0.29) is 35.7 Å². The second-order valence-electron chi connectivity index (χ2n) is 11.2. The molecule has 1 aliphatic carbocycles. The van der Waals surface area contributed by atoms with E-state index in [0.29, 0.717) is 50.3 Å². The van der Waals surface area contributed by atoms with E-state index in [4.69, 9.17) is 0 Å². The van der Waals surface area contributed by atoms with Crippen LogP contribution in [0.25, 0.3) is 0 Å². The van der Waals surface area contributed by atoms with Gasteiger partial charge in [0.1, 0.15) is 12.1 Å². The Kier molecular flexibility index (Phi) is 6.44. The lowest BCUT2D eigenvalue weighted by molar-refractivity contribution is -0.141. The molecule has 0 aromatic heterocycles. The molecule has 2 atom stereocenters. The van der Waals surface area contributed by atoms with Gasteiger partial charge in [0.05, 0.1) is 0 Å². The summed E-state index contributed by atoms with van der Waals surface area (Å²) in [5, 5.41) is 6.00. The van der Waals surface area contributed by atoms with Crippen molar-refractivity contribution in [3.63, 3.8) is 0 Å². The Morgan fingerprint density at radius 1 is 1.12 bits per heavy atom. The highest BCUT2D eigenvalue weighted by Gasteiger charge is 2.56. The first kappa shape index (κ1) is 24.2. The van der Waals surface area contributed by atoms with Gasteiger partial charge in [-0.05, 0) is 62.0 Å². The minimum absolute atomic E-state index is 0.0119. The molecule has 5 amide bonds. The number of nitrogens with zero attached hydrogens (tertiary/aromatic N) is 2. The Morgan fingerprint density at radius 3 is 2.44 bits per heavy atom. The van der Waals surface area contributed by atoms with Gasteiger partial charge in [0.25, 0.3) is 11.8 Å². The van der Waals surface area contributed by atoms with Crippen molar-refractivity contribution in [2.45, 2.75) is 71.4 Å². The van der Waals surface area contributed by atoms with Gasteiger partial charge in [-0.25, -0.2) is 4.79 Å². The first-order chi connectivity index (χ1) is 16.0. The van der Waals surface area contributed by atoms with E-state index >= 15 is 0 Å². The van der Waals surface area contributed by atoms with Crippen LogP contribution >= 0.6 is 0 Å². The van der Waals surface area contributed by atoms with Crippen LogP contribution in [0.1, 0.15) is 68.8 Å². The lowest BCUT2D eigenvalue weighted by Gasteiger charge is -2.43. The second kappa shape index (κ2) is 9.04. The molecule has 2 unspecified atom stereocenters. The number of hydrogen-bond acceptors (Lipinski definition) is 4. The van der Waals surface area contributed by atoms with Crippen LogP contribution in [0.4, 0.5) is 4.79 Å². The first-order valence-corrected chi connectivity index (χ1v) is 12.3. The number of carbonyl (C=O) groups excluding carboxylic acids is 4. The SMILES string of the molecule is Cc1ccccc1C(=O)NC1CCN(C(=O)CN2C(=O)NC3(CC(C)CC(C)(C)C3)C2=O)CC1. The zero-order valence-electron chi connectivity index (χ0n) is 20.6. The summed E-state index contributed by atoms with van der Waals surface area (Å²) in [4.78, 5) is 54.4. The van der Waals surface area contributed by atoms with Crippen LogP contribution in [0, 0.1) is 18.3 Å². The predicted octanol–water partition coefficient (Wildman–Crippen LogP) is 2.85. The average molecular weight is 469 g/mol. The van der Waals surface area contributed by atoms with Gasteiger partial charge < -0.3 is 15.5 Å². The molecule has 1 saturated carbocycles. The molecule has 184 valence electrons. The molecule has 0 bridgehead atoms. The number of nitrogens with one attached hydrogen (secondary N) is 2. The normalized spacial score (nSPS) is 27.1. The third-order valence-corrected chi connectivity index (χ3v) is 7.49. The average Bonchev–Trinajstić information content (AvgIpc) is 2.96. The van der Waals surface area contributed by atoms with Crippen molar-refractivity contribution in [2.75, 3.05) is 19.6 Å². The summed E-state index contributed by atoms with van der Waals surface area (Å²) in [5.41, 5.74) is 0.639. The van der Waals surface area contributed by atoms with E-state index in [1.807, 2.05) is 31.2 Å². The molecular weight excluding hydrogens is 432 g/mol. The Morgan fingerprint density at radius 2 is 1.79 bits per heavy atom. The maximum Gasteiger partial charge on any atom is 0.325 e. The first-order valence-electron chi connectivity index (χ1n) is 12.3. The molecule has 8 nitrogen and oxygen atoms in total. The van der Waals surface area contributed by atoms with Gasteiger partial charge in [0.15, 0.2) is 0 Å². The third-order valence-electron chi connectivity index (χ3n) is 7.49. The molecule has 2 saturated heterocycles. The smallest absolute Gasteiger partial charge is 0.325 e. The predicted molar refractivity (Wildman–Crippen MR) is 128 cm³/mol. The number of hydrogen-bond donors (Lipinski definition) is 2. The highest BCUT2D eigenvalue weighted by atomic mass is 16.2. The van der Waals surface area contributed by atoms with Crippen LogP contribution in [0.5, 0.6) is 0 Å². The summed E-state index contributed by atoms with van der Waals surface area (Å²) in [6, 6.07) is 6.98. The topological polar surface area (TPSA) is 98.8 Å². The number of rotatable bonds is 4. The number of amides is 5. The molecule has 8 heteroatoms. The number of carbonyl (C=O) groups is 4. The highest BCUT2D eigenvalue weighted by molar-refractivity contribution is 6.09. The fourth-order valence-electron chi connectivity index (χ4n) is 6.25. The molecule has 34 heavy (non-hydrogen) atoms. The van der Waals surface area contributed by atoms with Gasteiger partial charge in [-0.2, -0.15) is 0 Å². The van der Waals surface area contributed by atoms with Crippen molar-refractivity contribution >= 4 is 23.8 Å². The number of aryl methyl sites for hydroxylation is 1. The zero-order chi connectivity index (χ0) is 24.7. The summed E-state index contributed by atoms with van der Waals surface area (Å²) in [7, 11) is 0. The van der Waals surface area contributed by atoms with Crippen molar-refractivity contribution in [2.24, 2.45) is 11.3 Å². The molecule has 2 aliphatic heterocycles. The molecule has 2 N–H and O–H groups in total. The van der Waals surface area contributed by atoms with E-state index in [0.717, 1.165) is 16.9 Å². The minimum atomic E-state index is -0.897. The number of likely N-dealkylation sites (tertiary alicyclic amines) is 1. The van der Waals surface area contributed by atoms with Gasteiger partial charge >= 0.3 is 6.03 Å². The number of piperidine rings is 1. The Balaban J connectivity index is 1.32. The van der Waals surface area contributed by atoms with Crippen molar-refractivity contribution in [3.05, 3.63) is 35.4 Å². The fourth-order valence-corrected chi connectivity index (χ4v) is 6.25. The molecule has 1 aromatic carbocycles. The van der Waals surface area contributed by atoms with E-state index in [9.17, 15) is 19.2 Å². The van der Waals surface area contributed by atoms with E-state index in [1.54, 1.807) is 4.90 Å². The molecule has 0 radical (unpaired) electrons. The van der Waals surface area contributed by atoms with Crippen LogP contribution < -0.4 is 10.6 Å². The van der Waals surface area contributed by atoms with E-state index in [2.05, 4.69) is 31.4 Å². The van der Waals surface area contributed by atoms with E-state index < -0.39 is 11.6 Å². The summed E-state index contributed by atoms with van der Waals surface area (Å²) in [6.07, 6.45) is 3.48. The van der Waals surface area contributed by atoms with Crippen LogP contribution in [-0.4, -0.2) is 64.8 Å². The lowest BCUT2D eigenvalue weighted by atomic mass is 9.64. The molecule has 3 aliphatic rings. The van der Waals surface area contributed by atoms with Crippen molar-refractivity contribution < 1.29 is 19.2 Å². The van der Waals surface area contributed by atoms with Gasteiger partial charge in [0.2, 0.25) is 5.91 Å². The van der Waals surface area contributed by atoms with Crippen LogP contribution in [-0.2, 0) is 9.59 Å². The maximum atomic E-state index is 13.3. The van der Waals surface area contributed by atoms with Crippen LogP contribution in [0.15, 0.2) is 24.3 Å². The van der Waals surface area contributed by atoms with Crippen molar-refractivity contribution in [3.8, 4) is 0 Å². The second-order valence-corrected chi connectivity index (χ2v) is 11.2. The summed E-state index contributed by atoms with van der Waals surface area (Å²) in [6.45, 7) is 9.00. The Labute approximate surface area is 201 Å². The maximum absolute atomic E-state index is 13.3. The standard InChI is InChI=1S/C26H36N4O4/c1-17-13-25(3,4)16-26(14-17)23(33)30(24(34)28-26)15-21(31)29-11-9-19(10-12-29)27-22(32)20-8-6-5-7-18(20)2/h5-8,17,19H,9-16H2,1-4H3,(H,27,32)(H,28,34). The van der Waals surface area contributed by atoms with Crippen molar-refractivity contribution in [1.29, 1.82) is 0 Å². The molecule has 1 aromatic rings. The van der Waals surface area contributed by atoms with Gasteiger partial charge in [0, 0.05) is 24.7 Å². The van der Waals surface area contributed by atoms with Crippen molar-refractivity contribution in [1.82, 2.24) is 20.4 Å². The summed E-state index contributed by atoms with van der Waals surface area (Å²) < 4.78 is 0. The molecule has 1 spiro atoms. The summed E-state index contributed by atoms with van der Waals surface area (Å²) in [5.74, 6) is -0.284. The van der Waals surface area contributed by atoms with Crippen LogP contribution in [0.3, 0.4) is 0 Å². The fraction of sp³-hybridized carbons (Fsp3) is 0.615. The zero-order valence-corrected chi connectivity index (χ0v) is 20.6. The minimum Gasteiger partial charge on any atom is -0.349 e. The molecule has 3 fully saturated rings. The molecular formula is C26H36N4O4. The number of urea groups is 1. The Bertz CT molecular complexity index is 998. The number of benzene rings is 1. The van der Waals surface area contributed by atoms with E-state index in [1.165, 1.54) is 0 Å². The Hall–Kier alpha value is -2.90. The quantitative estimate of drug-likeness (QED) is 0.664. The largest absolute Gasteiger partial charge is 0.349 e. The molecule has 2 heterocycles. The van der Waals surface area contributed by atoms with Gasteiger partial charge in [-0.1, -0.05) is 39.0 Å². The number of imide groups is 1. The van der Waals surface area contributed by atoms with Gasteiger partial charge in [-0.15, -0.1) is 0 Å². The monoisotopic (exact) mass is 468 g/mol. The van der Waals surface area contributed by atoms with Gasteiger partial charge in [-0.3, -0.25) is 19.3 Å². The lowest BCUT2D eigenvalue weighted by Crippen LogP contribution is -2.54. The van der Waals surface area contributed by atoms with Crippen LogP contribution in [0.2, 0.25) is 0 Å². The molecule has 4 rings (SSSR count).